The Morgan fingerprint density at radius 2 is 2.00 bits per heavy atom. The first-order valence-corrected chi connectivity index (χ1v) is 5.86. The lowest BCUT2D eigenvalue weighted by Crippen LogP contribution is -2.30. The smallest absolute Gasteiger partial charge is 0.154 e. The third-order valence-corrected chi connectivity index (χ3v) is 2.51. The Hall–Kier alpha value is -0.573. The van der Waals surface area contributed by atoms with Crippen LogP contribution >= 0.6 is 0 Å². The van der Waals surface area contributed by atoms with E-state index in [-0.39, 0.29) is 5.78 Å². The second kappa shape index (κ2) is 5.14. The summed E-state index contributed by atoms with van der Waals surface area (Å²) in [5.74, 6) is 0.133. The molecule has 0 atom stereocenters. The molecule has 0 radical (unpaired) electrons. The zero-order valence-corrected chi connectivity index (χ0v) is 10.7. The molecule has 0 N–H and O–H groups in total. The van der Waals surface area contributed by atoms with Crippen molar-refractivity contribution in [2.45, 2.75) is 33.7 Å². The largest absolute Gasteiger partial charge is 0.376 e. The maximum atomic E-state index is 10.8. The molecule has 0 amide bonds. The molecule has 0 spiro atoms. The lowest BCUT2D eigenvalue weighted by atomic mass is 10.2. The number of hydrogen-bond acceptors (Lipinski definition) is 2. The second-order valence-electron chi connectivity index (χ2n) is 3.28. The Morgan fingerprint density at radius 1 is 1.50 bits per heavy atom. The van der Waals surface area contributed by atoms with Crippen molar-refractivity contribution < 1.29 is 4.79 Å². The average molecular weight is 185 g/mol. The first-order valence-electron chi connectivity index (χ1n) is 4.44. The van der Waals surface area contributed by atoms with Crippen LogP contribution in [0.2, 0.25) is 0 Å². The molecule has 0 rings (SSSR count). The van der Waals surface area contributed by atoms with Crippen LogP contribution in [0.3, 0.4) is 0 Å². The molecule has 70 valence electrons. The molecule has 0 aliphatic rings. The third-order valence-electron chi connectivity index (χ3n) is 1.83. The van der Waals surface area contributed by atoms with Gasteiger partial charge in [-0.15, -0.1) is 0 Å². The predicted molar refractivity (Wildman–Crippen MR) is 56.2 cm³/mol. The average Bonchev–Trinajstić information content (AvgIpc) is 1.85. The molecule has 12 heavy (non-hydrogen) atoms. The minimum atomic E-state index is 0.133. The van der Waals surface area contributed by atoms with Crippen LogP contribution in [-0.4, -0.2) is 33.1 Å². The molecule has 0 saturated heterocycles. The van der Waals surface area contributed by atoms with Crippen molar-refractivity contribution in [3.8, 4) is 0 Å². The topological polar surface area (TPSA) is 20.3 Å². The van der Waals surface area contributed by atoms with Crippen molar-refractivity contribution in [3.05, 3.63) is 11.8 Å². The van der Waals surface area contributed by atoms with Gasteiger partial charge >= 0.3 is 0 Å². The lowest BCUT2D eigenvalue weighted by Gasteiger charge is -2.28. The van der Waals surface area contributed by atoms with Crippen molar-refractivity contribution in [2.24, 2.45) is 0 Å². The van der Waals surface area contributed by atoms with E-state index in [1.54, 1.807) is 13.0 Å². The Morgan fingerprint density at radius 3 is 2.25 bits per heavy atom. The van der Waals surface area contributed by atoms with Gasteiger partial charge in [0.2, 0.25) is 0 Å². The molecule has 0 bridgehead atoms. The van der Waals surface area contributed by atoms with Gasteiger partial charge in [-0.1, -0.05) is 0 Å². The molecule has 0 aromatic carbocycles. The number of ketones is 1. The standard InChI is InChI=1S/C9H19NOSi/c1-7(2)10(6-12)8(3)5-9(4)11/h5,7H,6H2,1-4,12H3/b8-5-. The van der Waals surface area contributed by atoms with Crippen molar-refractivity contribution in [2.75, 3.05) is 6.17 Å². The number of carbonyl (C=O) groups is 1. The van der Waals surface area contributed by atoms with Crippen LogP contribution in [0.15, 0.2) is 11.8 Å². The molecule has 0 aromatic heterocycles. The van der Waals surface area contributed by atoms with Gasteiger partial charge in [-0.3, -0.25) is 4.79 Å². The van der Waals surface area contributed by atoms with Crippen molar-refractivity contribution in [1.82, 2.24) is 4.90 Å². The second-order valence-corrected chi connectivity index (χ2v) is 3.91. The van der Waals surface area contributed by atoms with Crippen LogP contribution in [0, 0.1) is 0 Å². The summed E-state index contributed by atoms with van der Waals surface area (Å²) in [5.41, 5.74) is 1.09. The summed E-state index contributed by atoms with van der Waals surface area (Å²) in [4.78, 5) is 13.1. The minimum Gasteiger partial charge on any atom is -0.376 e. The minimum absolute atomic E-state index is 0.133. The molecule has 0 aliphatic carbocycles. The molecule has 2 nitrogen and oxygen atoms in total. The van der Waals surface area contributed by atoms with Gasteiger partial charge in [0.15, 0.2) is 5.78 Å². The maximum absolute atomic E-state index is 10.8. The van der Waals surface area contributed by atoms with Crippen LogP contribution in [0.5, 0.6) is 0 Å². The van der Waals surface area contributed by atoms with Gasteiger partial charge in [0, 0.05) is 28.1 Å². The van der Waals surface area contributed by atoms with Gasteiger partial charge in [0.1, 0.15) is 0 Å². The molecule has 0 saturated carbocycles. The van der Waals surface area contributed by atoms with Crippen LogP contribution in [0.1, 0.15) is 27.7 Å². The third kappa shape index (κ3) is 3.71. The van der Waals surface area contributed by atoms with Gasteiger partial charge in [-0.25, -0.2) is 0 Å². The fraction of sp³-hybridized carbons (Fsp3) is 0.667. The van der Waals surface area contributed by atoms with Gasteiger partial charge in [-0.05, 0) is 33.8 Å². The van der Waals surface area contributed by atoms with Gasteiger partial charge in [0.25, 0.3) is 0 Å². The summed E-state index contributed by atoms with van der Waals surface area (Å²) < 4.78 is 0. The van der Waals surface area contributed by atoms with E-state index in [4.69, 9.17) is 0 Å². The fourth-order valence-electron chi connectivity index (χ4n) is 1.40. The van der Waals surface area contributed by atoms with Crippen molar-refractivity contribution in [3.63, 3.8) is 0 Å². The summed E-state index contributed by atoms with van der Waals surface area (Å²) in [6.07, 6.45) is 2.80. The van der Waals surface area contributed by atoms with E-state index in [9.17, 15) is 4.79 Å². The highest BCUT2D eigenvalue weighted by Gasteiger charge is 2.06. The van der Waals surface area contributed by atoms with E-state index in [1.165, 1.54) is 0 Å². The number of nitrogens with zero attached hydrogens (tertiary/aromatic N) is 1. The summed E-state index contributed by atoms with van der Waals surface area (Å²) >= 11 is 0. The zero-order valence-electron chi connectivity index (χ0n) is 8.72. The summed E-state index contributed by atoms with van der Waals surface area (Å²) in [6, 6.07) is 0.498. The first kappa shape index (κ1) is 11.4. The zero-order chi connectivity index (χ0) is 9.72. The van der Waals surface area contributed by atoms with Gasteiger partial charge < -0.3 is 4.90 Å². The molecule has 0 aromatic rings. The molecular formula is C9H19NOSi. The predicted octanol–water partition coefficient (Wildman–Crippen LogP) is 0.512. The molecule has 0 fully saturated rings. The summed E-state index contributed by atoms with van der Waals surface area (Å²) in [7, 11) is 1.14. The Bertz CT molecular complexity index is 187. The van der Waals surface area contributed by atoms with Crippen molar-refractivity contribution >= 4 is 16.0 Å². The SMILES string of the molecule is CC(=O)/C=C(/C)N(C[SiH3])C(C)C. The van der Waals surface area contributed by atoms with E-state index >= 15 is 0 Å². The Balaban J connectivity index is 4.40. The number of carbonyl (C=O) groups excluding carboxylic acids is 1. The van der Waals surface area contributed by atoms with E-state index < -0.39 is 0 Å². The van der Waals surface area contributed by atoms with Crippen LogP contribution in [0.25, 0.3) is 0 Å². The Labute approximate surface area is 78.1 Å². The van der Waals surface area contributed by atoms with Gasteiger partial charge in [-0.2, -0.15) is 0 Å². The molecule has 3 heteroatoms. The highest BCUT2D eigenvalue weighted by molar-refractivity contribution is 6.08. The highest BCUT2D eigenvalue weighted by Crippen LogP contribution is 2.06. The highest BCUT2D eigenvalue weighted by atomic mass is 28.1. The first-order chi connectivity index (χ1) is 5.49. The van der Waals surface area contributed by atoms with Crippen LogP contribution < -0.4 is 0 Å². The number of hydrogen-bond donors (Lipinski definition) is 0. The molecule has 0 heterocycles. The number of allylic oxidation sites excluding steroid dienone is 2. The van der Waals surface area contributed by atoms with E-state index in [2.05, 4.69) is 18.7 Å². The van der Waals surface area contributed by atoms with Gasteiger partial charge in [0.05, 0.1) is 0 Å². The van der Waals surface area contributed by atoms with Crippen LogP contribution in [0.4, 0.5) is 0 Å². The van der Waals surface area contributed by atoms with Crippen LogP contribution in [-0.2, 0) is 4.79 Å². The van der Waals surface area contributed by atoms with E-state index in [0.29, 0.717) is 6.04 Å². The van der Waals surface area contributed by atoms with E-state index in [1.807, 2.05) is 6.92 Å². The molecular weight excluding hydrogens is 166 g/mol. The normalized spacial score (nSPS) is 12.2. The molecule has 0 unspecified atom stereocenters. The van der Waals surface area contributed by atoms with Crippen molar-refractivity contribution in [1.29, 1.82) is 0 Å². The maximum Gasteiger partial charge on any atom is 0.154 e. The monoisotopic (exact) mass is 185 g/mol. The summed E-state index contributed by atoms with van der Waals surface area (Å²) in [6.45, 7) is 7.89. The Kier molecular flexibility index (Phi) is 4.89. The fourth-order valence-corrected chi connectivity index (χ4v) is 2.63. The lowest BCUT2D eigenvalue weighted by molar-refractivity contribution is -0.112. The molecule has 0 aliphatic heterocycles. The van der Waals surface area contributed by atoms with E-state index in [0.717, 1.165) is 22.1 Å². The summed E-state index contributed by atoms with van der Waals surface area (Å²) in [5, 5.41) is 0. The quantitative estimate of drug-likeness (QED) is 0.470. The number of rotatable bonds is 4.